The van der Waals surface area contributed by atoms with Gasteiger partial charge in [0, 0.05) is 29.9 Å². The van der Waals surface area contributed by atoms with E-state index in [9.17, 15) is 50.4 Å². The van der Waals surface area contributed by atoms with Crippen molar-refractivity contribution in [3.8, 4) is 0 Å². The molecule has 0 spiro atoms. The molecule has 0 radical (unpaired) electrons. The maximum atomic E-state index is 14.6. The first-order valence-corrected chi connectivity index (χ1v) is 23.6. The Morgan fingerprint density at radius 2 is 1.50 bits per heavy atom. The quantitative estimate of drug-likeness (QED) is 0.109. The van der Waals surface area contributed by atoms with Crippen LogP contribution < -0.4 is 31.5 Å². The number of halogens is 1. The van der Waals surface area contributed by atoms with Crippen molar-refractivity contribution in [3.05, 3.63) is 47.5 Å². The summed E-state index contributed by atoms with van der Waals surface area (Å²) in [6.45, 7) is 8.70. The molecule has 8 N–H and O–H groups in total. The van der Waals surface area contributed by atoms with E-state index >= 15 is 0 Å². The Kier molecular flexibility index (Phi) is 19.1. The fourth-order valence-corrected chi connectivity index (χ4v) is 8.72. The molecule has 62 heavy (non-hydrogen) atoms. The van der Waals surface area contributed by atoms with Crippen LogP contribution in [-0.2, 0) is 48.8 Å². The van der Waals surface area contributed by atoms with Gasteiger partial charge in [0.15, 0.2) is 0 Å². The molecule has 342 valence electrons. The third-order valence-corrected chi connectivity index (χ3v) is 12.8. The average molecular weight is 927 g/mol. The van der Waals surface area contributed by atoms with E-state index in [0.29, 0.717) is 25.3 Å². The number of aromatic nitrogens is 2. The summed E-state index contributed by atoms with van der Waals surface area (Å²) >= 11 is 5.92. The molecule has 1 fully saturated rings. The smallest absolute Gasteiger partial charge is 0.326 e. The van der Waals surface area contributed by atoms with E-state index in [-0.39, 0.29) is 41.7 Å². The first-order chi connectivity index (χ1) is 29.0. The molecule has 7 amide bonds. The standard InChI is InChI=1S/C39H56ClN9O11S2/c1-6-23(5)33(47-34(51)29(15-22(3)4)45-35(52)31-21-43-13-14-44-31)36(53)46-30(16-24-11-9-8-10-12-24)38(55)49(32(50)19-26(41)7-2)39(56)37(54)48-62(59,60)28-18-25(40)17-27(20-28)61(42,57)58/h13-14,17-18,20-24,26,29-30,33H,6-12,15-16,19,41H2,1-5H3,(H,45,52)(H,46,53)(H,47,51)(H,48,54)(H2,42,57,58)/t23-,26-,29-,30-,33-/m0/s1. The van der Waals surface area contributed by atoms with Crippen LogP contribution in [0.25, 0.3) is 0 Å². The molecule has 0 saturated heterocycles. The van der Waals surface area contributed by atoms with Crippen LogP contribution in [0.4, 0.5) is 0 Å². The van der Waals surface area contributed by atoms with Gasteiger partial charge in [-0.3, -0.25) is 38.5 Å². The molecule has 0 aliphatic heterocycles. The van der Waals surface area contributed by atoms with E-state index in [1.54, 1.807) is 20.8 Å². The molecular weight excluding hydrogens is 870 g/mol. The Hall–Kier alpha value is -4.90. The predicted molar refractivity (Wildman–Crippen MR) is 225 cm³/mol. The van der Waals surface area contributed by atoms with Crippen LogP contribution in [0.2, 0.25) is 5.02 Å². The Balaban J connectivity index is 2.02. The number of sulfonamides is 2. The number of nitrogens with two attached hydrogens (primary N) is 2. The zero-order valence-corrected chi connectivity index (χ0v) is 37.6. The van der Waals surface area contributed by atoms with Gasteiger partial charge in [0.2, 0.25) is 27.7 Å². The van der Waals surface area contributed by atoms with E-state index in [1.165, 1.54) is 23.3 Å². The predicted octanol–water partition coefficient (Wildman–Crippen LogP) is 1.42. The van der Waals surface area contributed by atoms with Crippen LogP contribution in [0.1, 0.15) is 109 Å². The van der Waals surface area contributed by atoms with Gasteiger partial charge in [-0.15, -0.1) is 0 Å². The lowest BCUT2D eigenvalue weighted by atomic mass is 9.84. The summed E-state index contributed by atoms with van der Waals surface area (Å²) in [4.78, 5) is 103. The van der Waals surface area contributed by atoms with Crippen molar-refractivity contribution in [1.82, 2.24) is 35.5 Å². The summed E-state index contributed by atoms with van der Waals surface area (Å²) in [6.07, 6.45) is 7.58. The van der Waals surface area contributed by atoms with Gasteiger partial charge < -0.3 is 21.7 Å². The summed E-state index contributed by atoms with van der Waals surface area (Å²) in [5.74, 6) is -9.71. The molecule has 2 aromatic rings. The highest BCUT2D eigenvalue weighted by atomic mass is 35.5. The van der Waals surface area contributed by atoms with Gasteiger partial charge in [-0.2, -0.15) is 0 Å². The lowest BCUT2D eigenvalue weighted by molar-refractivity contribution is -0.160. The fraction of sp³-hybridized carbons (Fsp3) is 0.564. The molecule has 1 heterocycles. The number of nitrogens with zero attached hydrogens (tertiary/aromatic N) is 3. The van der Waals surface area contributed by atoms with E-state index in [4.69, 9.17) is 22.5 Å². The lowest BCUT2D eigenvalue weighted by Crippen LogP contribution is -2.61. The van der Waals surface area contributed by atoms with Crippen LogP contribution in [-0.4, -0.2) is 97.2 Å². The minimum Gasteiger partial charge on any atom is -0.342 e. The largest absolute Gasteiger partial charge is 0.342 e. The van der Waals surface area contributed by atoms with Crippen molar-refractivity contribution in [2.75, 3.05) is 0 Å². The molecule has 1 aliphatic rings. The molecule has 0 bridgehead atoms. The minimum absolute atomic E-state index is 0.0465. The zero-order chi connectivity index (χ0) is 46.5. The van der Waals surface area contributed by atoms with Gasteiger partial charge in [0.05, 0.1) is 16.0 Å². The third-order valence-electron chi connectivity index (χ3n) is 10.4. The second-order valence-electron chi connectivity index (χ2n) is 15.8. The number of benzene rings is 1. The third kappa shape index (κ3) is 14.9. The molecule has 23 heteroatoms. The normalized spacial score (nSPS) is 15.9. The van der Waals surface area contributed by atoms with E-state index in [0.717, 1.165) is 31.4 Å². The number of nitrogens with one attached hydrogen (secondary N) is 4. The van der Waals surface area contributed by atoms with Gasteiger partial charge in [-0.05, 0) is 55.2 Å². The maximum absolute atomic E-state index is 14.6. The molecule has 1 aliphatic carbocycles. The van der Waals surface area contributed by atoms with Gasteiger partial charge in [-0.25, -0.2) is 36.6 Å². The van der Waals surface area contributed by atoms with Crippen molar-refractivity contribution >= 4 is 73.0 Å². The Labute approximate surface area is 366 Å². The molecule has 1 aromatic carbocycles. The molecule has 5 atom stereocenters. The van der Waals surface area contributed by atoms with Crippen LogP contribution >= 0.6 is 11.6 Å². The van der Waals surface area contributed by atoms with Gasteiger partial charge >= 0.3 is 11.8 Å². The van der Waals surface area contributed by atoms with Crippen LogP contribution in [0.5, 0.6) is 0 Å². The highest BCUT2D eigenvalue weighted by Crippen LogP contribution is 2.28. The molecular formula is C39H56ClN9O11S2. The van der Waals surface area contributed by atoms with Crippen molar-refractivity contribution in [1.29, 1.82) is 0 Å². The maximum Gasteiger partial charge on any atom is 0.326 e. The highest BCUT2D eigenvalue weighted by Gasteiger charge is 2.42. The molecule has 3 rings (SSSR count). The Morgan fingerprint density at radius 3 is 2.06 bits per heavy atom. The van der Waals surface area contributed by atoms with E-state index < -0.39 is 113 Å². The average Bonchev–Trinajstić information content (AvgIpc) is 3.21. The molecule has 1 saturated carbocycles. The second kappa shape index (κ2) is 23.0. The van der Waals surface area contributed by atoms with Gasteiger partial charge in [-0.1, -0.05) is 84.7 Å². The number of imide groups is 3. The first-order valence-electron chi connectivity index (χ1n) is 20.2. The van der Waals surface area contributed by atoms with Crippen LogP contribution in [0.15, 0.2) is 46.6 Å². The first kappa shape index (κ1) is 51.5. The number of rotatable bonds is 19. The van der Waals surface area contributed by atoms with Crippen molar-refractivity contribution in [2.24, 2.45) is 28.6 Å². The fourth-order valence-electron chi connectivity index (χ4n) is 6.68. The lowest BCUT2D eigenvalue weighted by Gasteiger charge is -2.32. The number of hydrogen-bond acceptors (Lipinski definition) is 14. The molecule has 0 unspecified atom stereocenters. The van der Waals surface area contributed by atoms with Gasteiger partial charge in [0.1, 0.15) is 23.8 Å². The number of hydrogen-bond donors (Lipinski definition) is 6. The van der Waals surface area contributed by atoms with Crippen LogP contribution in [0.3, 0.4) is 0 Å². The zero-order valence-electron chi connectivity index (χ0n) is 35.3. The summed E-state index contributed by atoms with van der Waals surface area (Å²) in [6, 6.07) is -2.83. The second-order valence-corrected chi connectivity index (χ2v) is 19.4. The summed E-state index contributed by atoms with van der Waals surface area (Å²) < 4.78 is 51.9. The monoisotopic (exact) mass is 925 g/mol. The summed E-state index contributed by atoms with van der Waals surface area (Å²) in [5.41, 5.74) is 5.96. The molecule has 1 aromatic heterocycles. The summed E-state index contributed by atoms with van der Waals surface area (Å²) in [7, 11) is -9.60. The Morgan fingerprint density at radius 1 is 0.855 bits per heavy atom. The van der Waals surface area contributed by atoms with Gasteiger partial charge in [0.25, 0.3) is 21.8 Å². The highest BCUT2D eigenvalue weighted by molar-refractivity contribution is 7.90. The number of primary sulfonamides is 1. The van der Waals surface area contributed by atoms with E-state index in [1.807, 2.05) is 13.8 Å². The van der Waals surface area contributed by atoms with Crippen molar-refractivity contribution in [3.63, 3.8) is 0 Å². The minimum atomic E-state index is -5.10. The van der Waals surface area contributed by atoms with Crippen molar-refractivity contribution < 1.29 is 50.4 Å². The van der Waals surface area contributed by atoms with Crippen molar-refractivity contribution in [2.45, 2.75) is 133 Å². The molecule has 20 nitrogen and oxygen atoms in total. The number of carbonyl (C=O) groups is 7. The number of amides is 7. The van der Waals surface area contributed by atoms with E-state index in [2.05, 4.69) is 25.9 Å². The summed E-state index contributed by atoms with van der Waals surface area (Å²) in [5, 5.41) is 12.7. The SMILES string of the molecule is CC[C@H](N)CC(=O)N(C(=O)C(=O)NS(=O)(=O)c1cc(Cl)cc(S(N)(=O)=O)c1)C(=O)[C@H](CC1CCCCC1)NC(=O)[C@@H](NC(=O)[C@H](CC(C)C)NC(=O)c1cnccn1)[C@@H](C)CC. The Bertz CT molecular complexity index is 2190. The van der Waals surface area contributed by atoms with Crippen LogP contribution in [0, 0.1) is 17.8 Å². The number of carbonyl (C=O) groups excluding carboxylic acids is 7. The topological polar surface area (TPSA) is 317 Å².